The number of rotatable bonds is 8. The highest BCUT2D eigenvalue weighted by Crippen LogP contribution is 2.39. The molecule has 31 heavy (non-hydrogen) atoms. The van der Waals surface area contributed by atoms with Crippen molar-refractivity contribution in [2.45, 2.75) is 32.9 Å². The van der Waals surface area contributed by atoms with Crippen molar-refractivity contribution in [1.29, 1.82) is 0 Å². The summed E-state index contributed by atoms with van der Waals surface area (Å²) in [6.45, 7) is 3.72. The van der Waals surface area contributed by atoms with E-state index in [-0.39, 0.29) is 18.8 Å². The van der Waals surface area contributed by atoms with Gasteiger partial charge in [0.1, 0.15) is 12.4 Å². The second-order valence-corrected chi connectivity index (χ2v) is 6.96. The van der Waals surface area contributed by atoms with Crippen LogP contribution < -0.4 is 20.1 Å². The number of ether oxygens (including phenoxy) is 3. The van der Waals surface area contributed by atoms with E-state index in [1.165, 1.54) is 13.2 Å². The van der Waals surface area contributed by atoms with Crippen LogP contribution >= 0.6 is 0 Å². The Labute approximate surface area is 180 Å². The summed E-state index contributed by atoms with van der Waals surface area (Å²) in [6, 6.07) is 10.1. The third-order valence-corrected chi connectivity index (χ3v) is 4.80. The van der Waals surface area contributed by atoms with Crippen molar-refractivity contribution in [2.24, 2.45) is 0 Å². The van der Waals surface area contributed by atoms with Crippen LogP contribution in [0.5, 0.6) is 11.5 Å². The van der Waals surface area contributed by atoms with Gasteiger partial charge < -0.3 is 24.8 Å². The molecule has 8 heteroatoms. The molecule has 164 valence electrons. The van der Waals surface area contributed by atoms with E-state index in [0.717, 1.165) is 0 Å². The number of allylic oxidation sites excluding steroid dienone is 1. The summed E-state index contributed by atoms with van der Waals surface area (Å²) < 4.78 is 30.8. The highest BCUT2D eigenvalue weighted by atomic mass is 19.1. The molecule has 7 nitrogen and oxygen atoms in total. The molecule has 2 amide bonds. The maximum Gasteiger partial charge on any atom is 0.338 e. The molecule has 1 unspecified atom stereocenters. The number of carbonyl (C=O) groups is 2. The summed E-state index contributed by atoms with van der Waals surface area (Å²) in [5.74, 6) is -0.247. The van der Waals surface area contributed by atoms with E-state index in [2.05, 4.69) is 10.6 Å². The molecule has 3 rings (SSSR count). The smallest absolute Gasteiger partial charge is 0.338 e. The number of benzene rings is 2. The number of hydrogen-bond donors (Lipinski definition) is 2. The SMILES string of the molecule is CCCOC(=O)C1=C(C)NC(=O)NC1c1cccc(OC)c1OCc1ccccc1F. The first-order valence-electron chi connectivity index (χ1n) is 9.94. The maximum atomic E-state index is 14.1. The largest absolute Gasteiger partial charge is 0.493 e. The van der Waals surface area contributed by atoms with Crippen LogP contribution in [0.4, 0.5) is 9.18 Å². The third-order valence-electron chi connectivity index (χ3n) is 4.80. The van der Waals surface area contributed by atoms with E-state index in [9.17, 15) is 14.0 Å². The zero-order chi connectivity index (χ0) is 22.4. The van der Waals surface area contributed by atoms with Crippen LogP contribution in [-0.4, -0.2) is 25.7 Å². The van der Waals surface area contributed by atoms with Crippen molar-refractivity contribution in [3.05, 3.63) is 70.7 Å². The lowest BCUT2D eigenvalue weighted by atomic mass is 9.94. The van der Waals surface area contributed by atoms with Crippen molar-refractivity contribution in [3.63, 3.8) is 0 Å². The Bertz CT molecular complexity index is 1010. The number of nitrogens with one attached hydrogen (secondary N) is 2. The van der Waals surface area contributed by atoms with Crippen molar-refractivity contribution < 1.29 is 28.2 Å². The minimum Gasteiger partial charge on any atom is -0.493 e. The molecular formula is C23H25FN2O5. The topological polar surface area (TPSA) is 85.9 Å². The van der Waals surface area contributed by atoms with Crippen LogP contribution in [0.25, 0.3) is 0 Å². The van der Waals surface area contributed by atoms with Gasteiger partial charge in [-0.15, -0.1) is 0 Å². The van der Waals surface area contributed by atoms with Crippen LogP contribution in [0.2, 0.25) is 0 Å². The number of amides is 2. The summed E-state index contributed by atoms with van der Waals surface area (Å²) in [5, 5.41) is 5.36. The second kappa shape index (κ2) is 9.97. The van der Waals surface area contributed by atoms with Gasteiger partial charge in [-0.05, 0) is 25.5 Å². The van der Waals surface area contributed by atoms with E-state index in [0.29, 0.717) is 34.7 Å². The number of carbonyl (C=O) groups excluding carboxylic acids is 2. The average Bonchev–Trinajstić information content (AvgIpc) is 2.76. The minimum absolute atomic E-state index is 0.0583. The first-order chi connectivity index (χ1) is 15.0. The summed E-state index contributed by atoms with van der Waals surface area (Å²) in [4.78, 5) is 25.0. The van der Waals surface area contributed by atoms with E-state index in [1.54, 1.807) is 43.3 Å². The van der Waals surface area contributed by atoms with Crippen LogP contribution in [0.3, 0.4) is 0 Å². The molecule has 0 spiro atoms. The highest BCUT2D eigenvalue weighted by molar-refractivity contribution is 5.95. The molecular weight excluding hydrogens is 403 g/mol. The van der Waals surface area contributed by atoms with Gasteiger partial charge in [0.15, 0.2) is 11.5 Å². The fraction of sp³-hybridized carbons (Fsp3) is 0.304. The quantitative estimate of drug-likeness (QED) is 0.621. The predicted molar refractivity (Wildman–Crippen MR) is 112 cm³/mol. The molecule has 0 radical (unpaired) electrons. The lowest BCUT2D eigenvalue weighted by Crippen LogP contribution is -2.45. The van der Waals surface area contributed by atoms with E-state index in [4.69, 9.17) is 14.2 Å². The molecule has 2 N–H and O–H groups in total. The highest BCUT2D eigenvalue weighted by Gasteiger charge is 2.34. The van der Waals surface area contributed by atoms with Crippen LogP contribution in [0, 0.1) is 5.82 Å². The lowest BCUT2D eigenvalue weighted by Gasteiger charge is -2.29. The van der Waals surface area contributed by atoms with Crippen LogP contribution in [-0.2, 0) is 16.1 Å². The summed E-state index contributed by atoms with van der Waals surface area (Å²) >= 11 is 0. The number of para-hydroxylation sites is 1. The Morgan fingerprint density at radius 2 is 1.94 bits per heavy atom. The van der Waals surface area contributed by atoms with Crippen LogP contribution in [0.1, 0.15) is 37.4 Å². The van der Waals surface area contributed by atoms with Crippen molar-refractivity contribution in [3.8, 4) is 11.5 Å². The molecule has 1 heterocycles. The van der Waals surface area contributed by atoms with Gasteiger partial charge in [0.25, 0.3) is 0 Å². The normalized spacial score (nSPS) is 15.7. The van der Waals surface area contributed by atoms with E-state index in [1.807, 2.05) is 6.92 Å². The van der Waals surface area contributed by atoms with Gasteiger partial charge in [0, 0.05) is 16.8 Å². The first-order valence-corrected chi connectivity index (χ1v) is 9.94. The van der Waals surface area contributed by atoms with Gasteiger partial charge in [-0.25, -0.2) is 14.0 Å². The number of halogens is 1. The predicted octanol–water partition coefficient (Wildman–Crippen LogP) is 3.99. The Kier molecular flexibility index (Phi) is 7.12. The van der Waals surface area contributed by atoms with Crippen molar-refractivity contribution >= 4 is 12.0 Å². The van der Waals surface area contributed by atoms with Gasteiger partial charge in [0.05, 0.1) is 25.3 Å². The van der Waals surface area contributed by atoms with Crippen LogP contribution in [0.15, 0.2) is 53.7 Å². The Balaban J connectivity index is 2.01. The number of esters is 1. The molecule has 1 aliphatic heterocycles. The second-order valence-electron chi connectivity index (χ2n) is 6.96. The van der Waals surface area contributed by atoms with Gasteiger partial charge in [-0.2, -0.15) is 0 Å². The first kappa shape index (κ1) is 22.1. The lowest BCUT2D eigenvalue weighted by molar-refractivity contribution is -0.139. The number of hydrogen-bond acceptors (Lipinski definition) is 5. The molecule has 0 saturated heterocycles. The molecule has 2 aromatic carbocycles. The zero-order valence-corrected chi connectivity index (χ0v) is 17.7. The fourth-order valence-electron chi connectivity index (χ4n) is 3.31. The Morgan fingerprint density at radius 1 is 1.16 bits per heavy atom. The van der Waals surface area contributed by atoms with Gasteiger partial charge in [-0.3, -0.25) is 0 Å². The van der Waals surface area contributed by atoms with E-state index >= 15 is 0 Å². The Hall–Kier alpha value is -3.55. The zero-order valence-electron chi connectivity index (χ0n) is 17.7. The standard InChI is InChI=1S/C23H25FN2O5/c1-4-12-30-22(27)19-14(2)25-23(28)26-20(19)16-9-7-11-18(29-3)21(16)31-13-15-8-5-6-10-17(15)24/h5-11,20H,4,12-13H2,1-3H3,(H2,25,26,28). The molecule has 0 aromatic heterocycles. The minimum atomic E-state index is -0.830. The number of methoxy groups -OCH3 is 1. The molecule has 0 bridgehead atoms. The Morgan fingerprint density at radius 3 is 2.65 bits per heavy atom. The average molecular weight is 428 g/mol. The molecule has 1 atom stereocenters. The summed E-state index contributed by atoms with van der Waals surface area (Å²) in [6.07, 6.45) is 0.665. The van der Waals surface area contributed by atoms with Crippen molar-refractivity contribution in [1.82, 2.24) is 10.6 Å². The van der Waals surface area contributed by atoms with E-state index < -0.39 is 23.9 Å². The third kappa shape index (κ3) is 4.96. The van der Waals surface area contributed by atoms with Crippen molar-refractivity contribution in [2.75, 3.05) is 13.7 Å². The summed E-state index contributed by atoms with van der Waals surface area (Å²) in [5.41, 5.74) is 1.51. The molecule has 0 aliphatic carbocycles. The molecule has 0 fully saturated rings. The number of urea groups is 1. The molecule has 1 aliphatic rings. The molecule has 2 aromatic rings. The summed E-state index contributed by atoms with van der Waals surface area (Å²) in [7, 11) is 1.48. The van der Waals surface area contributed by atoms with Gasteiger partial charge in [-0.1, -0.05) is 37.3 Å². The molecule has 0 saturated carbocycles. The van der Waals surface area contributed by atoms with Gasteiger partial charge in [0.2, 0.25) is 0 Å². The monoisotopic (exact) mass is 428 g/mol. The maximum absolute atomic E-state index is 14.1. The fourth-order valence-corrected chi connectivity index (χ4v) is 3.31. The van der Waals surface area contributed by atoms with Gasteiger partial charge >= 0.3 is 12.0 Å².